The number of nitriles is 1. The Kier molecular flexibility index (Phi) is 3.19. The van der Waals surface area contributed by atoms with E-state index in [2.05, 4.69) is 15.0 Å². The zero-order chi connectivity index (χ0) is 15.8. The third-order valence-corrected chi connectivity index (χ3v) is 4.53. The van der Waals surface area contributed by atoms with Crippen LogP contribution in [0.15, 0.2) is 30.7 Å². The van der Waals surface area contributed by atoms with Crippen LogP contribution in [-0.4, -0.2) is 38.8 Å². The largest absolute Gasteiger partial charge is 0.346 e. The average Bonchev–Trinajstić information content (AvgIpc) is 3.23. The summed E-state index contributed by atoms with van der Waals surface area (Å²) >= 11 is 0. The summed E-state index contributed by atoms with van der Waals surface area (Å²) in [4.78, 5) is 25.7. The predicted molar refractivity (Wildman–Crippen MR) is 85.6 cm³/mol. The molecule has 0 bridgehead atoms. The SMILES string of the molecule is N#CCC(=O)N1CC[C@@H](c2ccnc3cnc4[nH]ccc4c23)C1. The Hall–Kier alpha value is -2.94. The van der Waals surface area contributed by atoms with Crippen molar-refractivity contribution in [3.05, 3.63) is 36.3 Å². The van der Waals surface area contributed by atoms with Crippen molar-refractivity contribution in [2.75, 3.05) is 13.1 Å². The molecule has 0 radical (unpaired) electrons. The summed E-state index contributed by atoms with van der Waals surface area (Å²) in [5, 5.41) is 10.9. The van der Waals surface area contributed by atoms with Gasteiger partial charge in [0, 0.05) is 42.2 Å². The Morgan fingerprint density at radius 3 is 3.22 bits per heavy atom. The van der Waals surface area contributed by atoms with E-state index in [0.29, 0.717) is 13.1 Å². The maximum Gasteiger partial charge on any atom is 0.236 e. The van der Waals surface area contributed by atoms with Crippen molar-refractivity contribution in [3.63, 3.8) is 0 Å². The number of nitrogens with zero attached hydrogens (tertiary/aromatic N) is 4. The lowest BCUT2D eigenvalue weighted by Crippen LogP contribution is -2.27. The molecule has 114 valence electrons. The van der Waals surface area contributed by atoms with Gasteiger partial charge in [-0.2, -0.15) is 5.26 Å². The zero-order valence-electron chi connectivity index (χ0n) is 12.5. The van der Waals surface area contributed by atoms with Crippen LogP contribution in [0.5, 0.6) is 0 Å². The fraction of sp³-hybridized carbons (Fsp3) is 0.294. The summed E-state index contributed by atoms with van der Waals surface area (Å²) in [6.45, 7) is 1.37. The topological polar surface area (TPSA) is 85.7 Å². The zero-order valence-corrected chi connectivity index (χ0v) is 12.5. The van der Waals surface area contributed by atoms with Gasteiger partial charge in [0.2, 0.25) is 5.91 Å². The second kappa shape index (κ2) is 5.36. The van der Waals surface area contributed by atoms with Crippen molar-refractivity contribution < 1.29 is 4.79 Å². The number of pyridine rings is 2. The van der Waals surface area contributed by atoms with Crippen molar-refractivity contribution in [2.24, 2.45) is 0 Å². The fourth-order valence-corrected chi connectivity index (χ4v) is 3.44. The molecule has 1 aliphatic rings. The van der Waals surface area contributed by atoms with Gasteiger partial charge in [0.1, 0.15) is 12.1 Å². The van der Waals surface area contributed by atoms with Crippen LogP contribution >= 0.6 is 0 Å². The molecule has 6 nitrogen and oxygen atoms in total. The Morgan fingerprint density at radius 2 is 2.35 bits per heavy atom. The van der Waals surface area contributed by atoms with Gasteiger partial charge < -0.3 is 9.88 Å². The molecule has 0 aromatic carbocycles. The summed E-state index contributed by atoms with van der Waals surface area (Å²) in [5.41, 5.74) is 2.92. The maximum absolute atomic E-state index is 11.9. The van der Waals surface area contributed by atoms with Crippen molar-refractivity contribution >= 4 is 27.8 Å². The first kappa shape index (κ1) is 13.7. The molecule has 3 aromatic rings. The van der Waals surface area contributed by atoms with Gasteiger partial charge >= 0.3 is 0 Å². The van der Waals surface area contributed by atoms with Crippen LogP contribution in [0.2, 0.25) is 0 Å². The first-order valence-electron chi connectivity index (χ1n) is 7.63. The summed E-state index contributed by atoms with van der Waals surface area (Å²) in [5.74, 6) is 0.186. The maximum atomic E-state index is 11.9. The van der Waals surface area contributed by atoms with Gasteiger partial charge in [0.05, 0.1) is 17.8 Å². The van der Waals surface area contributed by atoms with E-state index < -0.39 is 0 Å². The number of carbonyl (C=O) groups excluding carboxylic acids is 1. The number of amides is 1. The minimum absolute atomic E-state index is 0.0458. The van der Waals surface area contributed by atoms with Crippen molar-refractivity contribution in [3.8, 4) is 6.07 Å². The molecule has 0 spiro atoms. The molecular formula is C17H15N5O. The Bertz CT molecular complexity index is 939. The second-order valence-corrected chi connectivity index (χ2v) is 5.82. The average molecular weight is 305 g/mol. The number of nitrogens with one attached hydrogen (secondary N) is 1. The van der Waals surface area contributed by atoms with E-state index in [1.54, 1.807) is 17.3 Å². The number of aromatic nitrogens is 3. The van der Waals surface area contributed by atoms with E-state index in [1.165, 1.54) is 5.56 Å². The lowest BCUT2D eigenvalue weighted by molar-refractivity contribution is -0.129. The van der Waals surface area contributed by atoms with Gasteiger partial charge in [-0.05, 0) is 24.1 Å². The lowest BCUT2D eigenvalue weighted by Gasteiger charge is -2.16. The number of carbonyl (C=O) groups is 1. The molecule has 4 rings (SSSR count). The molecule has 4 heterocycles. The quantitative estimate of drug-likeness (QED) is 0.787. The molecular weight excluding hydrogens is 290 g/mol. The number of aromatic amines is 1. The van der Waals surface area contributed by atoms with E-state index in [-0.39, 0.29) is 18.2 Å². The number of hydrogen-bond acceptors (Lipinski definition) is 4. The van der Waals surface area contributed by atoms with Gasteiger partial charge in [-0.25, -0.2) is 4.98 Å². The van der Waals surface area contributed by atoms with Crippen molar-refractivity contribution in [2.45, 2.75) is 18.8 Å². The minimum atomic E-state index is -0.0816. The molecule has 1 amide bonds. The minimum Gasteiger partial charge on any atom is -0.346 e. The van der Waals surface area contributed by atoms with Crippen LogP contribution in [0.3, 0.4) is 0 Å². The highest BCUT2D eigenvalue weighted by Crippen LogP contribution is 2.34. The fourth-order valence-electron chi connectivity index (χ4n) is 3.44. The molecule has 0 unspecified atom stereocenters. The van der Waals surface area contributed by atoms with Gasteiger partial charge in [0.25, 0.3) is 0 Å². The summed E-state index contributed by atoms with van der Waals surface area (Å²) in [6.07, 6.45) is 6.33. The molecule has 1 aliphatic heterocycles. The molecule has 3 aromatic heterocycles. The van der Waals surface area contributed by atoms with Crippen molar-refractivity contribution in [1.82, 2.24) is 19.9 Å². The van der Waals surface area contributed by atoms with E-state index in [0.717, 1.165) is 28.4 Å². The second-order valence-electron chi connectivity index (χ2n) is 5.82. The molecule has 1 fully saturated rings. The third-order valence-electron chi connectivity index (χ3n) is 4.53. The van der Waals surface area contributed by atoms with Crippen LogP contribution in [-0.2, 0) is 4.79 Å². The van der Waals surface area contributed by atoms with Gasteiger partial charge in [0.15, 0.2) is 0 Å². The van der Waals surface area contributed by atoms with Crippen LogP contribution in [0.1, 0.15) is 24.3 Å². The Balaban J connectivity index is 1.76. The lowest BCUT2D eigenvalue weighted by atomic mass is 9.94. The van der Waals surface area contributed by atoms with Gasteiger partial charge in [-0.15, -0.1) is 0 Å². The number of fused-ring (bicyclic) bond motifs is 3. The van der Waals surface area contributed by atoms with Crippen molar-refractivity contribution in [1.29, 1.82) is 5.26 Å². The highest BCUT2D eigenvalue weighted by molar-refractivity contribution is 6.05. The van der Waals surface area contributed by atoms with Crippen LogP contribution in [0.4, 0.5) is 0 Å². The molecule has 0 saturated carbocycles. The van der Waals surface area contributed by atoms with E-state index >= 15 is 0 Å². The Morgan fingerprint density at radius 1 is 1.43 bits per heavy atom. The van der Waals surface area contributed by atoms with Crippen LogP contribution in [0.25, 0.3) is 21.9 Å². The van der Waals surface area contributed by atoms with Crippen LogP contribution < -0.4 is 0 Å². The van der Waals surface area contributed by atoms with E-state index in [4.69, 9.17) is 5.26 Å². The third kappa shape index (κ3) is 2.21. The standard InChI is InChI=1S/C17H15N5O/c18-5-1-15(23)22-8-4-11(10-22)12-2-6-19-14-9-21-17-13(16(12)14)3-7-20-17/h2-3,6-7,9,11H,1,4,8,10H2,(H,20,21)/t11-/m1/s1. The number of rotatable bonds is 2. The number of likely N-dealkylation sites (tertiary alicyclic amines) is 1. The normalized spacial score (nSPS) is 17.7. The molecule has 6 heteroatoms. The van der Waals surface area contributed by atoms with E-state index in [9.17, 15) is 4.79 Å². The molecule has 1 atom stereocenters. The first-order valence-corrected chi connectivity index (χ1v) is 7.63. The first-order chi connectivity index (χ1) is 11.3. The highest BCUT2D eigenvalue weighted by Gasteiger charge is 2.28. The Labute approximate surface area is 132 Å². The summed E-state index contributed by atoms with van der Waals surface area (Å²) in [6, 6.07) is 5.99. The smallest absolute Gasteiger partial charge is 0.236 e. The van der Waals surface area contributed by atoms with Crippen LogP contribution in [0, 0.1) is 11.3 Å². The summed E-state index contributed by atoms with van der Waals surface area (Å²) < 4.78 is 0. The highest BCUT2D eigenvalue weighted by atomic mass is 16.2. The number of hydrogen-bond donors (Lipinski definition) is 1. The molecule has 23 heavy (non-hydrogen) atoms. The monoisotopic (exact) mass is 305 g/mol. The van der Waals surface area contributed by atoms with Gasteiger partial charge in [-0.1, -0.05) is 0 Å². The molecule has 0 aliphatic carbocycles. The van der Waals surface area contributed by atoms with Gasteiger partial charge in [-0.3, -0.25) is 9.78 Å². The number of H-pyrrole nitrogens is 1. The molecule has 1 N–H and O–H groups in total. The molecule has 1 saturated heterocycles. The summed E-state index contributed by atoms with van der Waals surface area (Å²) in [7, 11) is 0. The predicted octanol–water partition coefficient (Wildman–Crippen LogP) is 2.34. The van der Waals surface area contributed by atoms with E-state index in [1.807, 2.05) is 24.4 Å².